The van der Waals surface area contributed by atoms with Gasteiger partial charge in [0.25, 0.3) is 0 Å². The van der Waals surface area contributed by atoms with E-state index in [1.165, 1.54) is 18.4 Å². The highest BCUT2D eigenvalue weighted by Gasteiger charge is 2.23. The van der Waals surface area contributed by atoms with Crippen LogP contribution in [0.2, 0.25) is 0 Å². The van der Waals surface area contributed by atoms with Gasteiger partial charge in [-0.25, -0.2) is 4.98 Å². The number of carbonyl (C=O) groups is 1. The number of fused-ring (bicyclic) bond motifs is 3. The first-order valence-electron chi connectivity index (χ1n) is 10.6. The number of rotatable bonds is 5. The van der Waals surface area contributed by atoms with Gasteiger partial charge in [-0.1, -0.05) is 6.07 Å². The molecule has 0 bridgehead atoms. The molecule has 0 unspecified atom stereocenters. The summed E-state index contributed by atoms with van der Waals surface area (Å²) in [6.45, 7) is 8.42. The van der Waals surface area contributed by atoms with Gasteiger partial charge in [-0.2, -0.15) is 0 Å². The van der Waals surface area contributed by atoms with Gasteiger partial charge in [-0.15, -0.1) is 0 Å². The van der Waals surface area contributed by atoms with Crippen molar-refractivity contribution < 1.29 is 13.9 Å². The molecule has 0 saturated heterocycles. The molecule has 156 valence electrons. The lowest BCUT2D eigenvalue weighted by molar-refractivity contribution is -0.111. The highest BCUT2D eigenvalue weighted by atomic mass is 16.5. The fourth-order valence-electron chi connectivity index (χ4n) is 4.20. The van der Waals surface area contributed by atoms with Crippen molar-refractivity contribution in [2.24, 2.45) is 0 Å². The zero-order valence-electron chi connectivity index (χ0n) is 18.1. The van der Waals surface area contributed by atoms with E-state index in [0.29, 0.717) is 12.4 Å². The zero-order chi connectivity index (χ0) is 21.3. The first-order valence-corrected chi connectivity index (χ1v) is 10.6. The van der Waals surface area contributed by atoms with E-state index in [1.54, 1.807) is 12.3 Å². The molecule has 3 aromatic rings. The Morgan fingerprint density at radius 1 is 1.30 bits per heavy atom. The highest BCUT2D eigenvalue weighted by Crippen LogP contribution is 2.41. The Balaban J connectivity index is 1.76. The summed E-state index contributed by atoms with van der Waals surface area (Å²) < 4.78 is 12.2. The lowest BCUT2D eigenvalue weighted by Gasteiger charge is -2.15. The molecule has 2 aromatic heterocycles. The number of furan rings is 1. The summed E-state index contributed by atoms with van der Waals surface area (Å²) in [6, 6.07) is 5.90. The van der Waals surface area contributed by atoms with Crippen LogP contribution in [0.25, 0.3) is 16.5 Å². The van der Waals surface area contributed by atoms with E-state index < -0.39 is 0 Å². The summed E-state index contributed by atoms with van der Waals surface area (Å²) in [5, 5.41) is 4.02. The number of anilines is 1. The maximum absolute atomic E-state index is 12.7. The average Bonchev–Trinajstić information content (AvgIpc) is 3.10. The molecule has 0 aliphatic heterocycles. The van der Waals surface area contributed by atoms with Crippen LogP contribution in [-0.2, 0) is 17.6 Å². The van der Waals surface area contributed by atoms with E-state index in [4.69, 9.17) is 9.15 Å². The second-order valence-electron chi connectivity index (χ2n) is 7.88. The molecule has 5 heteroatoms. The molecule has 1 aliphatic rings. The summed E-state index contributed by atoms with van der Waals surface area (Å²) in [5.41, 5.74) is 5.92. The summed E-state index contributed by atoms with van der Waals surface area (Å²) in [7, 11) is 0. The number of nitrogens with one attached hydrogen (secondary N) is 1. The number of amides is 1. The standard InChI is InChI=1S/C25H28N2O3/c1-5-29-23-17(4)24-20(18-10-6-7-11-21(18)30-24)14-19(23)16(3)13-22(28)27-25-15(2)9-8-12-26-25/h8-9,12-14H,5-7,10-11H2,1-4H3,(H,26,27,28)/b16-13+. The number of hydrogen-bond acceptors (Lipinski definition) is 4. The minimum Gasteiger partial charge on any atom is -0.493 e. The number of carbonyl (C=O) groups excluding carboxylic acids is 1. The normalized spacial score (nSPS) is 13.9. The number of pyridine rings is 1. The van der Waals surface area contributed by atoms with E-state index >= 15 is 0 Å². The molecule has 5 nitrogen and oxygen atoms in total. The summed E-state index contributed by atoms with van der Waals surface area (Å²) in [6.07, 6.45) is 7.67. The molecule has 0 saturated carbocycles. The van der Waals surface area contributed by atoms with Crippen LogP contribution in [0.4, 0.5) is 5.82 Å². The Kier molecular flexibility index (Phi) is 5.62. The molecule has 1 aromatic carbocycles. The zero-order valence-corrected chi connectivity index (χ0v) is 18.1. The summed E-state index contributed by atoms with van der Waals surface area (Å²) in [5.74, 6) is 2.26. The number of ether oxygens (including phenoxy) is 1. The number of benzene rings is 1. The SMILES string of the molecule is CCOc1c(/C(C)=C/C(=O)Nc2ncccc2C)cc2c3c(oc2c1C)CCCC3. The Morgan fingerprint density at radius 2 is 2.10 bits per heavy atom. The van der Waals surface area contributed by atoms with Crippen molar-refractivity contribution in [3.8, 4) is 5.75 Å². The van der Waals surface area contributed by atoms with Crippen LogP contribution >= 0.6 is 0 Å². The number of allylic oxidation sites excluding steroid dienone is 1. The molecule has 1 N–H and O–H groups in total. The predicted octanol–water partition coefficient (Wildman–Crippen LogP) is 5.76. The molecule has 2 heterocycles. The molecule has 0 spiro atoms. The number of aryl methyl sites for hydroxylation is 4. The smallest absolute Gasteiger partial charge is 0.249 e. The Bertz CT molecular complexity index is 1140. The molecule has 1 aliphatic carbocycles. The molecular formula is C25H28N2O3. The van der Waals surface area contributed by atoms with Crippen molar-refractivity contribution in [1.82, 2.24) is 4.98 Å². The lowest BCUT2D eigenvalue weighted by Crippen LogP contribution is -2.11. The van der Waals surface area contributed by atoms with Crippen LogP contribution in [-0.4, -0.2) is 17.5 Å². The third-order valence-corrected chi connectivity index (χ3v) is 5.74. The van der Waals surface area contributed by atoms with Gasteiger partial charge >= 0.3 is 0 Å². The summed E-state index contributed by atoms with van der Waals surface area (Å²) >= 11 is 0. The van der Waals surface area contributed by atoms with Crippen molar-refractivity contribution in [3.63, 3.8) is 0 Å². The molecule has 0 radical (unpaired) electrons. The fraction of sp³-hybridized carbons (Fsp3) is 0.360. The van der Waals surface area contributed by atoms with E-state index in [1.807, 2.05) is 39.8 Å². The average molecular weight is 405 g/mol. The van der Waals surface area contributed by atoms with Gasteiger partial charge in [-0.05, 0) is 70.2 Å². The third-order valence-electron chi connectivity index (χ3n) is 5.74. The Labute approximate surface area is 177 Å². The van der Waals surface area contributed by atoms with Crippen LogP contribution in [0.3, 0.4) is 0 Å². The molecule has 0 atom stereocenters. The van der Waals surface area contributed by atoms with Crippen LogP contribution in [0.5, 0.6) is 5.75 Å². The van der Waals surface area contributed by atoms with Crippen LogP contribution in [0.1, 0.15) is 54.7 Å². The Morgan fingerprint density at radius 3 is 2.87 bits per heavy atom. The first kappa shape index (κ1) is 20.2. The number of nitrogens with zero attached hydrogens (tertiary/aromatic N) is 1. The van der Waals surface area contributed by atoms with Crippen LogP contribution in [0.15, 0.2) is 34.9 Å². The largest absolute Gasteiger partial charge is 0.493 e. The van der Waals surface area contributed by atoms with E-state index in [9.17, 15) is 4.79 Å². The van der Waals surface area contributed by atoms with Crippen molar-refractivity contribution >= 4 is 28.3 Å². The molecule has 0 fully saturated rings. The fourth-order valence-corrected chi connectivity index (χ4v) is 4.20. The molecule has 1 amide bonds. The minimum absolute atomic E-state index is 0.205. The van der Waals surface area contributed by atoms with Crippen molar-refractivity contribution in [1.29, 1.82) is 0 Å². The van der Waals surface area contributed by atoms with Gasteiger partial charge in [0.05, 0.1) is 6.61 Å². The van der Waals surface area contributed by atoms with E-state index in [-0.39, 0.29) is 5.91 Å². The van der Waals surface area contributed by atoms with Crippen LogP contribution in [0, 0.1) is 13.8 Å². The van der Waals surface area contributed by atoms with Gasteiger partial charge in [0.15, 0.2) is 0 Å². The minimum atomic E-state index is -0.205. The number of hydrogen-bond donors (Lipinski definition) is 1. The molecule has 30 heavy (non-hydrogen) atoms. The van der Waals surface area contributed by atoms with Gasteiger partial charge in [-0.3, -0.25) is 4.79 Å². The first-order chi connectivity index (χ1) is 14.5. The van der Waals surface area contributed by atoms with Crippen molar-refractivity contribution in [3.05, 3.63) is 58.5 Å². The predicted molar refractivity (Wildman–Crippen MR) is 120 cm³/mol. The monoisotopic (exact) mass is 404 g/mol. The molecular weight excluding hydrogens is 376 g/mol. The quantitative estimate of drug-likeness (QED) is 0.549. The van der Waals surface area contributed by atoms with E-state index in [2.05, 4.69) is 16.4 Å². The third kappa shape index (κ3) is 3.72. The Hall–Kier alpha value is -3.08. The molecule has 4 rings (SSSR count). The van der Waals surface area contributed by atoms with Crippen molar-refractivity contribution in [2.45, 2.75) is 53.4 Å². The summed E-state index contributed by atoms with van der Waals surface area (Å²) in [4.78, 5) is 16.9. The van der Waals surface area contributed by atoms with Crippen molar-refractivity contribution in [2.75, 3.05) is 11.9 Å². The second kappa shape index (κ2) is 8.34. The maximum atomic E-state index is 12.7. The van der Waals surface area contributed by atoms with Gasteiger partial charge in [0.1, 0.15) is 22.9 Å². The van der Waals surface area contributed by atoms with Gasteiger partial charge < -0.3 is 14.5 Å². The maximum Gasteiger partial charge on any atom is 0.249 e. The van der Waals surface area contributed by atoms with E-state index in [0.717, 1.165) is 57.6 Å². The van der Waals surface area contributed by atoms with Crippen LogP contribution < -0.4 is 10.1 Å². The topological polar surface area (TPSA) is 64.4 Å². The lowest BCUT2D eigenvalue weighted by atomic mass is 9.93. The highest BCUT2D eigenvalue weighted by molar-refractivity contribution is 6.05. The van der Waals surface area contributed by atoms with Gasteiger partial charge in [0, 0.05) is 40.8 Å². The van der Waals surface area contributed by atoms with Gasteiger partial charge in [0.2, 0.25) is 5.91 Å². The number of aromatic nitrogens is 1. The second-order valence-corrected chi connectivity index (χ2v) is 7.88.